The Kier molecular flexibility index (Phi) is 5.17. The molecule has 2 heteroatoms. The quantitative estimate of drug-likeness (QED) is 0.345. The van der Waals surface area contributed by atoms with Crippen molar-refractivity contribution >= 4 is 5.91 Å². The minimum absolute atomic E-state index is 0.142. The molecule has 0 bridgehead atoms. The van der Waals surface area contributed by atoms with Crippen LogP contribution in [0.5, 0.6) is 0 Å². The van der Waals surface area contributed by atoms with Crippen molar-refractivity contribution in [1.29, 1.82) is 0 Å². The highest BCUT2D eigenvalue weighted by molar-refractivity contribution is 5.86. The molecule has 2 nitrogen and oxygen atoms in total. The molecule has 0 unspecified atom stereocenters. The van der Waals surface area contributed by atoms with Crippen LogP contribution < -0.4 is 5.32 Å². The molecule has 0 aliphatic rings. The van der Waals surface area contributed by atoms with E-state index >= 15 is 0 Å². The highest BCUT2D eigenvalue weighted by atomic mass is 16.1. The first kappa shape index (κ1) is 8.77. The van der Waals surface area contributed by atoms with Gasteiger partial charge in [-0.15, -0.1) is 12.3 Å². The van der Waals surface area contributed by atoms with Gasteiger partial charge < -0.3 is 5.32 Å². The highest BCUT2D eigenvalue weighted by Crippen LogP contribution is 1.82. The van der Waals surface area contributed by atoms with Crippen molar-refractivity contribution in [3.63, 3.8) is 0 Å². The summed E-state index contributed by atoms with van der Waals surface area (Å²) in [7, 11) is 0. The lowest BCUT2D eigenvalue weighted by molar-refractivity contribution is -0.116. The molecule has 0 aromatic carbocycles. The largest absolute Gasteiger partial charge is 0.353 e. The summed E-state index contributed by atoms with van der Waals surface area (Å²) in [6.45, 7) is 3.94. The third-order valence-electron chi connectivity index (χ3n) is 0.983. The van der Waals surface area contributed by atoms with Gasteiger partial charge in [0, 0.05) is 13.0 Å². The summed E-state index contributed by atoms with van der Waals surface area (Å²) in [4.78, 5) is 10.5. The fraction of sp³-hybridized carbons (Fsp3) is 0.375. The van der Waals surface area contributed by atoms with E-state index in [1.165, 1.54) is 6.08 Å². The number of nitrogens with one attached hydrogen (secondary N) is 1. The summed E-state index contributed by atoms with van der Waals surface area (Å²) < 4.78 is 0. The molecule has 0 saturated heterocycles. The molecular weight excluding hydrogens is 126 g/mol. The Bertz CT molecular complexity index is 155. The first-order valence-corrected chi connectivity index (χ1v) is 3.15. The Morgan fingerprint density at radius 2 is 2.50 bits per heavy atom. The molecule has 1 amide bonds. The van der Waals surface area contributed by atoms with Gasteiger partial charge >= 0.3 is 0 Å². The first-order chi connectivity index (χ1) is 4.81. The average Bonchev–Trinajstić information content (AvgIpc) is 1.98. The molecule has 0 aromatic rings. The molecule has 0 aliphatic heterocycles. The van der Waals surface area contributed by atoms with E-state index in [0.717, 1.165) is 6.42 Å². The molecule has 0 aromatic heterocycles. The molecule has 54 valence electrons. The van der Waals surface area contributed by atoms with Crippen molar-refractivity contribution in [2.45, 2.75) is 12.8 Å². The predicted molar refractivity (Wildman–Crippen MR) is 41.3 cm³/mol. The van der Waals surface area contributed by atoms with Crippen LogP contribution in [0.25, 0.3) is 0 Å². The summed E-state index contributed by atoms with van der Waals surface area (Å²) in [5.74, 6) is 2.34. The molecule has 0 heterocycles. The Hall–Kier alpha value is -1.23. The van der Waals surface area contributed by atoms with Gasteiger partial charge in [0.15, 0.2) is 0 Å². The average molecular weight is 137 g/mol. The minimum Gasteiger partial charge on any atom is -0.353 e. The molecule has 0 aliphatic carbocycles. The number of carbonyl (C=O) groups excluding carboxylic acids is 1. The fourth-order valence-corrected chi connectivity index (χ4v) is 0.474. The maximum atomic E-state index is 10.5. The van der Waals surface area contributed by atoms with Gasteiger partial charge in [-0.2, -0.15) is 0 Å². The normalized spacial score (nSPS) is 7.90. The second-order valence-corrected chi connectivity index (χ2v) is 1.80. The maximum absolute atomic E-state index is 10.5. The first-order valence-electron chi connectivity index (χ1n) is 3.15. The van der Waals surface area contributed by atoms with Crippen LogP contribution in [0.2, 0.25) is 0 Å². The van der Waals surface area contributed by atoms with E-state index in [4.69, 9.17) is 6.42 Å². The zero-order valence-corrected chi connectivity index (χ0v) is 5.89. The predicted octanol–water partition coefficient (Wildman–Crippen LogP) is 0.702. The van der Waals surface area contributed by atoms with Crippen LogP contribution in [-0.4, -0.2) is 12.5 Å². The standard InChI is InChI=1S/C8H11NO/c1-3-5-6-7-9-8(10)4-2/h1,4H,2,5-7H2,(H,9,10). The van der Waals surface area contributed by atoms with Crippen LogP contribution in [0.1, 0.15) is 12.8 Å². The van der Waals surface area contributed by atoms with E-state index < -0.39 is 0 Å². The molecule has 0 rings (SSSR count). The third kappa shape index (κ3) is 4.92. The van der Waals surface area contributed by atoms with Crippen LogP contribution in [0.3, 0.4) is 0 Å². The molecule has 0 spiro atoms. The van der Waals surface area contributed by atoms with Crippen LogP contribution in [0.4, 0.5) is 0 Å². The monoisotopic (exact) mass is 137 g/mol. The smallest absolute Gasteiger partial charge is 0.243 e. The molecule has 0 radical (unpaired) electrons. The molecule has 0 atom stereocenters. The van der Waals surface area contributed by atoms with E-state index in [-0.39, 0.29) is 5.91 Å². The lowest BCUT2D eigenvalue weighted by atomic mass is 10.3. The number of amides is 1. The van der Waals surface area contributed by atoms with Gasteiger partial charge in [0.25, 0.3) is 0 Å². The van der Waals surface area contributed by atoms with Gasteiger partial charge in [-0.05, 0) is 12.5 Å². The van der Waals surface area contributed by atoms with Crippen LogP contribution in [0.15, 0.2) is 12.7 Å². The second kappa shape index (κ2) is 5.90. The fourth-order valence-electron chi connectivity index (χ4n) is 0.474. The lowest BCUT2D eigenvalue weighted by Crippen LogP contribution is -2.21. The summed E-state index contributed by atoms with van der Waals surface area (Å²) in [5, 5.41) is 2.61. The number of terminal acetylenes is 1. The topological polar surface area (TPSA) is 29.1 Å². The van der Waals surface area contributed by atoms with E-state index in [9.17, 15) is 4.79 Å². The number of rotatable bonds is 4. The van der Waals surface area contributed by atoms with Crippen LogP contribution >= 0.6 is 0 Å². The molecule has 0 saturated carbocycles. The van der Waals surface area contributed by atoms with Crippen molar-refractivity contribution in [1.82, 2.24) is 5.32 Å². The highest BCUT2D eigenvalue weighted by Gasteiger charge is 1.89. The molecule has 0 fully saturated rings. The van der Waals surface area contributed by atoms with Gasteiger partial charge in [0.05, 0.1) is 0 Å². The molecule has 1 N–H and O–H groups in total. The van der Waals surface area contributed by atoms with E-state index in [1.807, 2.05) is 0 Å². The molecular formula is C8H11NO. The number of hydrogen-bond acceptors (Lipinski definition) is 1. The van der Waals surface area contributed by atoms with Crippen molar-refractivity contribution in [2.75, 3.05) is 6.54 Å². The van der Waals surface area contributed by atoms with E-state index in [2.05, 4.69) is 17.8 Å². The second-order valence-electron chi connectivity index (χ2n) is 1.80. The van der Waals surface area contributed by atoms with Crippen molar-refractivity contribution in [2.24, 2.45) is 0 Å². The van der Waals surface area contributed by atoms with Crippen molar-refractivity contribution < 1.29 is 4.79 Å². The van der Waals surface area contributed by atoms with Crippen molar-refractivity contribution in [3.05, 3.63) is 12.7 Å². The number of hydrogen-bond donors (Lipinski definition) is 1. The van der Waals surface area contributed by atoms with Gasteiger partial charge in [-0.25, -0.2) is 0 Å². The Balaban J connectivity index is 3.13. The molecule has 10 heavy (non-hydrogen) atoms. The van der Waals surface area contributed by atoms with Crippen LogP contribution in [-0.2, 0) is 4.79 Å². The maximum Gasteiger partial charge on any atom is 0.243 e. The zero-order chi connectivity index (χ0) is 7.82. The SMILES string of the molecule is C#CCCCNC(=O)C=C. The Labute approximate surface area is 61.3 Å². The van der Waals surface area contributed by atoms with Gasteiger partial charge in [0.2, 0.25) is 5.91 Å². The Morgan fingerprint density at radius 3 is 3.00 bits per heavy atom. The summed E-state index contributed by atoms with van der Waals surface area (Å²) >= 11 is 0. The zero-order valence-electron chi connectivity index (χ0n) is 5.89. The van der Waals surface area contributed by atoms with E-state index in [1.54, 1.807) is 0 Å². The number of carbonyl (C=O) groups is 1. The lowest BCUT2D eigenvalue weighted by Gasteiger charge is -1.97. The third-order valence-corrected chi connectivity index (χ3v) is 0.983. The number of unbranched alkanes of at least 4 members (excludes halogenated alkanes) is 1. The van der Waals surface area contributed by atoms with E-state index in [0.29, 0.717) is 13.0 Å². The summed E-state index contributed by atoms with van der Waals surface area (Å²) in [6, 6.07) is 0. The van der Waals surface area contributed by atoms with Gasteiger partial charge in [-0.3, -0.25) is 4.79 Å². The van der Waals surface area contributed by atoms with Crippen molar-refractivity contribution in [3.8, 4) is 12.3 Å². The minimum atomic E-state index is -0.142. The van der Waals surface area contributed by atoms with Gasteiger partial charge in [0.1, 0.15) is 0 Å². The van der Waals surface area contributed by atoms with Gasteiger partial charge in [-0.1, -0.05) is 6.58 Å². The van der Waals surface area contributed by atoms with Crippen LogP contribution in [0, 0.1) is 12.3 Å². The Morgan fingerprint density at radius 1 is 1.80 bits per heavy atom. The summed E-state index contributed by atoms with van der Waals surface area (Å²) in [6.07, 6.45) is 7.78. The summed E-state index contributed by atoms with van der Waals surface area (Å²) in [5.41, 5.74) is 0.